The summed E-state index contributed by atoms with van der Waals surface area (Å²) in [5.74, 6) is 0. The number of fused-ring (bicyclic) bond motifs is 7. The highest BCUT2D eigenvalue weighted by atomic mass is 32.1. The Labute approximate surface area is 557 Å². The van der Waals surface area contributed by atoms with Gasteiger partial charge in [-0.3, -0.25) is 15.0 Å². The molecule has 0 amide bonds. The molecule has 0 saturated heterocycles. The second kappa shape index (κ2) is 44.2. The molecule has 0 atom stereocenters. The van der Waals surface area contributed by atoms with Crippen molar-refractivity contribution in [3.8, 4) is 42.3 Å². The molecule has 0 aliphatic carbocycles. The molecule has 90 heavy (non-hydrogen) atoms. The van der Waals surface area contributed by atoms with Crippen LogP contribution >= 0.6 is 45.3 Å². The van der Waals surface area contributed by atoms with Gasteiger partial charge in [0, 0.05) is 53.5 Å². The second-order valence-corrected chi connectivity index (χ2v) is 21.3. The summed E-state index contributed by atoms with van der Waals surface area (Å²) in [6, 6.07) is 82.1. The molecule has 0 N–H and O–H groups in total. The molecule has 8 heteroatoms. The molecular formula is C82H98N4S4. The van der Waals surface area contributed by atoms with Crippen molar-refractivity contribution in [1.29, 1.82) is 0 Å². The molecule has 0 aliphatic heterocycles. The van der Waals surface area contributed by atoms with Crippen LogP contribution in [0.2, 0.25) is 0 Å². The second-order valence-electron chi connectivity index (χ2n) is 17.0. The fraction of sp³-hybridized carbons (Fsp3) is 0.220. The minimum absolute atomic E-state index is 0. The van der Waals surface area contributed by atoms with Crippen LogP contribution in [0.25, 0.3) is 115 Å². The number of aromatic nitrogens is 4. The highest BCUT2D eigenvalue weighted by molar-refractivity contribution is 7.23. The summed E-state index contributed by atoms with van der Waals surface area (Å²) in [5, 5.41) is 11.2. The number of hydrogen-bond donors (Lipinski definition) is 0. The maximum Gasteiger partial charge on any atom is 0.0880 e. The largest absolute Gasteiger partial charge is 0.255 e. The normalized spacial score (nSPS) is 9.38. The number of hydrogen-bond acceptors (Lipinski definition) is 8. The maximum atomic E-state index is 4.75. The highest BCUT2D eigenvalue weighted by Crippen LogP contribution is 2.37. The van der Waals surface area contributed by atoms with Gasteiger partial charge in [0.2, 0.25) is 0 Å². The molecule has 4 nitrogen and oxygen atoms in total. The lowest BCUT2D eigenvalue weighted by Gasteiger charge is -2.02. The van der Waals surface area contributed by atoms with Gasteiger partial charge in [-0.25, -0.2) is 4.98 Å². The molecule has 0 saturated carbocycles. The van der Waals surface area contributed by atoms with Crippen LogP contribution in [0.15, 0.2) is 255 Å². The molecule has 470 valence electrons. The molecular weight excluding hydrogens is 1170 g/mol. The Balaban J connectivity index is 0.000000378. The van der Waals surface area contributed by atoms with Crippen LogP contribution in [0, 0.1) is 0 Å². The Morgan fingerprint density at radius 1 is 0.244 bits per heavy atom. The summed E-state index contributed by atoms with van der Waals surface area (Å²) in [6.07, 6.45) is 5.68. The minimum atomic E-state index is 0. The fourth-order valence-electron chi connectivity index (χ4n) is 8.67. The van der Waals surface area contributed by atoms with E-state index in [9.17, 15) is 0 Å². The fourth-order valence-corrected chi connectivity index (χ4v) is 12.8. The summed E-state index contributed by atoms with van der Waals surface area (Å²) < 4.78 is 5.25. The first-order chi connectivity index (χ1) is 43.6. The van der Waals surface area contributed by atoms with Crippen LogP contribution in [0.4, 0.5) is 0 Å². The number of nitrogens with zero attached hydrogens (tertiary/aromatic N) is 4. The number of thiophene rings is 4. The lowest BCUT2D eigenvalue weighted by molar-refractivity contribution is 1.34. The zero-order chi connectivity index (χ0) is 64.1. The predicted molar refractivity (Wildman–Crippen MR) is 417 cm³/mol. The number of pyridine rings is 4. The van der Waals surface area contributed by atoms with Gasteiger partial charge in [0.15, 0.2) is 0 Å². The first-order valence-electron chi connectivity index (χ1n) is 31.6. The number of rotatable bonds is 4. The van der Waals surface area contributed by atoms with Gasteiger partial charge >= 0.3 is 0 Å². The Hall–Kier alpha value is -8.24. The van der Waals surface area contributed by atoms with E-state index in [-0.39, 0.29) is 14.9 Å². The van der Waals surface area contributed by atoms with E-state index in [0.717, 1.165) is 28.3 Å². The van der Waals surface area contributed by atoms with Crippen LogP contribution in [0.5, 0.6) is 0 Å². The van der Waals surface area contributed by atoms with Gasteiger partial charge in [-0.2, -0.15) is 0 Å². The molecule has 0 aliphatic rings. The number of para-hydroxylation sites is 1. The van der Waals surface area contributed by atoms with Crippen LogP contribution in [-0.4, -0.2) is 19.9 Å². The average molecular weight is 1270 g/mol. The van der Waals surface area contributed by atoms with E-state index in [4.69, 9.17) is 4.98 Å². The predicted octanol–water partition coefficient (Wildman–Crippen LogP) is 28.8. The van der Waals surface area contributed by atoms with E-state index >= 15 is 0 Å². The lowest BCUT2D eigenvalue weighted by Crippen LogP contribution is -1.82. The zero-order valence-electron chi connectivity index (χ0n) is 54.7. The maximum absolute atomic E-state index is 4.75. The van der Waals surface area contributed by atoms with Gasteiger partial charge in [0.25, 0.3) is 0 Å². The third-order valence-electron chi connectivity index (χ3n) is 12.3. The van der Waals surface area contributed by atoms with Crippen molar-refractivity contribution in [1.82, 2.24) is 19.9 Å². The monoisotopic (exact) mass is 1270 g/mol. The summed E-state index contributed by atoms with van der Waals surface area (Å²) in [7, 11) is 0. The SMILES string of the molecule is C.C.CC.CC.CC.CC.CC.CC.CC.CC.c1ccc(-c2cc3ccccc3s2)nc1.c1ccc2cc(-c3cc4ccccc4s3)ncc2c1.c1ccc2nc(-c3cc4ccccc4s3)ccc2c1.c1ccc2sc(-c3nccc4ccccc34)cc2c1. The zero-order valence-corrected chi connectivity index (χ0v) is 57.9. The van der Waals surface area contributed by atoms with Crippen molar-refractivity contribution in [3.63, 3.8) is 0 Å². The van der Waals surface area contributed by atoms with E-state index in [1.54, 1.807) is 45.3 Å². The first kappa shape index (κ1) is 77.9. The number of benzene rings is 7. The van der Waals surface area contributed by atoms with Crippen LogP contribution < -0.4 is 0 Å². The van der Waals surface area contributed by atoms with E-state index < -0.39 is 0 Å². The molecule has 0 bridgehead atoms. The smallest absolute Gasteiger partial charge is 0.0880 e. The molecule has 0 unspecified atom stereocenters. The van der Waals surface area contributed by atoms with Gasteiger partial charge < -0.3 is 0 Å². The van der Waals surface area contributed by atoms with Crippen molar-refractivity contribution in [2.24, 2.45) is 0 Å². The topological polar surface area (TPSA) is 51.6 Å². The van der Waals surface area contributed by atoms with Crippen LogP contribution in [-0.2, 0) is 0 Å². The van der Waals surface area contributed by atoms with E-state index in [1.165, 1.54) is 86.8 Å². The molecule has 0 radical (unpaired) electrons. The molecule has 8 aromatic heterocycles. The third-order valence-corrected chi connectivity index (χ3v) is 16.8. The van der Waals surface area contributed by atoms with Crippen molar-refractivity contribution in [2.45, 2.75) is 126 Å². The first-order valence-corrected chi connectivity index (χ1v) is 34.8. The van der Waals surface area contributed by atoms with Crippen molar-refractivity contribution < 1.29 is 0 Å². The molecule has 15 rings (SSSR count). The molecule has 15 aromatic rings. The van der Waals surface area contributed by atoms with E-state index in [1.807, 2.05) is 166 Å². The molecule has 7 aromatic carbocycles. The van der Waals surface area contributed by atoms with E-state index in [0.29, 0.717) is 0 Å². The lowest BCUT2D eigenvalue weighted by atomic mass is 10.1. The highest BCUT2D eigenvalue weighted by Gasteiger charge is 2.10. The van der Waals surface area contributed by atoms with Gasteiger partial charge in [0.05, 0.1) is 47.8 Å². The minimum Gasteiger partial charge on any atom is -0.255 e. The summed E-state index contributed by atoms with van der Waals surface area (Å²) in [6.45, 7) is 32.0. The van der Waals surface area contributed by atoms with Gasteiger partial charge in [0.1, 0.15) is 0 Å². The van der Waals surface area contributed by atoms with Crippen LogP contribution in [0.3, 0.4) is 0 Å². The van der Waals surface area contributed by atoms with Crippen molar-refractivity contribution in [2.75, 3.05) is 0 Å². The Morgan fingerprint density at radius 3 is 1.10 bits per heavy atom. The Bertz CT molecular complexity index is 4030. The summed E-state index contributed by atoms with van der Waals surface area (Å²) in [5.41, 5.74) is 5.30. The third kappa shape index (κ3) is 21.2. The van der Waals surface area contributed by atoms with Gasteiger partial charge in [-0.05, 0) is 117 Å². The summed E-state index contributed by atoms with van der Waals surface area (Å²) in [4.78, 5) is 23.2. The molecule has 8 heterocycles. The quantitative estimate of drug-likeness (QED) is 0.176. The Kier molecular flexibility index (Phi) is 38.3. The molecule has 0 fully saturated rings. The van der Waals surface area contributed by atoms with Gasteiger partial charge in [-0.15, -0.1) is 45.3 Å². The Morgan fingerprint density at radius 2 is 0.622 bits per heavy atom. The van der Waals surface area contributed by atoms with Gasteiger partial charge in [-0.1, -0.05) is 277 Å². The van der Waals surface area contributed by atoms with Crippen molar-refractivity contribution in [3.05, 3.63) is 255 Å². The standard InChI is InChI=1S/3C17H11NS.C13H9NS.8C2H6.2CH4/c1-3-7-14-12(5-1)9-10-15(18-14)17-11-13-6-2-4-8-16(13)19-17;1-3-7-14-12(5-1)9-10-18-17(14)16-11-13-6-2-4-8-15(13)19-16;1-2-7-14-11-18-15(9-12(14)5-1)17-10-13-6-3-4-8-16(13)19-17;1-2-7-12-10(5-1)9-13(15-12)11-6-3-4-8-14-11;8*1-2;;/h3*1-11H;1-9H;8*1-2H3;2*1H4. The molecule has 0 spiro atoms. The summed E-state index contributed by atoms with van der Waals surface area (Å²) >= 11 is 7.18. The average Bonchev–Trinajstić information content (AvgIpc) is 1.82. The van der Waals surface area contributed by atoms with E-state index in [2.05, 4.69) is 215 Å². The van der Waals surface area contributed by atoms with Crippen LogP contribution in [0.1, 0.15) is 126 Å². The van der Waals surface area contributed by atoms with Crippen molar-refractivity contribution >= 4 is 118 Å².